The van der Waals surface area contributed by atoms with Gasteiger partial charge in [0.05, 0.1) is 6.42 Å². The maximum Gasteiger partial charge on any atom is 0.247 e. The molecule has 4 nitrogen and oxygen atoms in total. The Morgan fingerprint density at radius 3 is 2.60 bits per heavy atom. The maximum atomic E-state index is 5.68. The first kappa shape index (κ1) is 12.9. The summed E-state index contributed by atoms with van der Waals surface area (Å²) in [6.45, 7) is 0. The molecule has 0 aliphatic rings. The van der Waals surface area contributed by atoms with Gasteiger partial charge in [-0.25, -0.2) is 0 Å². The number of rotatable bonds is 3. The highest BCUT2D eigenvalue weighted by molar-refractivity contribution is 9.10. The lowest BCUT2D eigenvalue weighted by Gasteiger charge is -1.98. The van der Waals surface area contributed by atoms with E-state index >= 15 is 0 Å². The number of benzene rings is 2. The topological polar surface area (TPSA) is 64.9 Å². The zero-order valence-corrected chi connectivity index (χ0v) is 12.2. The van der Waals surface area contributed by atoms with Gasteiger partial charge in [0, 0.05) is 15.7 Å². The highest BCUT2D eigenvalue weighted by atomic mass is 79.9. The van der Waals surface area contributed by atoms with Crippen molar-refractivity contribution in [1.29, 1.82) is 0 Å². The molecule has 0 fully saturated rings. The number of halogens is 1. The number of hydrogen-bond acceptors (Lipinski definition) is 4. The number of nitrogen functional groups attached to an aromatic ring is 1. The van der Waals surface area contributed by atoms with Crippen molar-refractivity contribution in [2.24, 2.45) is 0 Å². The van der Waals surface area contributed by atoms with Crippen molar-refractivity contribution in [2.75, 3.05) is 5.73 Å². The summed E-state index contributed by atoms with van der Waals surface area (Å²) in [6.07, 6.45) is 0.598. The van der Waals surface area contributed by atoms with E-state index in [1.807, 2.05) is 48.5 Å². The maximum absolute atomic E-state index is 5.68. The van der Waals surface area contributed by atoms with E-state index < -0.39 is 0 Å². The normalized spacial score (nSPS) is 10.7. The van der Waals surface area contributed by atoms with Crippen LogP contribution < -0.4 is 5.73 Å². The molecular formula is C15H12BrN3O. The van der Waals surface area contributed by atoms with Crippen molar-refractivity contribution in [3.05, 3.63) is 64.5 Å². The standard InChI is InChI=1S/C15H12BrN3O/c16-12-3-1-2-11(9-12)15-19-18-14(20-15)8-10-4-6-13(17)7-5-10/h1-7,9H,8,17H2. The molecule has 0 saturated carbocycles. The largest absolute Gasteiger partial charge is 0.420 e. The van der Waals surface area contributed by atoms with Crippen molar-refractivity contribution >= 4 is 21.6 Å². The van der Waals surface area contributed by atoms with Crippen LogP contribution >= 0.6 is 15.9 Å². The van der Waals surface area contributed by atoms with Gasteiger partial charge >= 0.3 is 0 Å². The predicted octanol–water partition coefficient (Wildman–Crippen LogP) is 3.67. The molecule has 0 spiro atoms. The molecule has 20 heavy (non-hydrogen) atoms. The Labute approximate surface area is 124 Å². The lowest BCUT2D eigenvalue weighted by Crippen LogP contribution is -1.90. The first-order valence-corrected chi connectivity index (χ1v) is 6.93. The lowest BCUT2D eigenvalue weighted by atomic mass is 10.1. The van der Waals surface area contributed by atoms with Crippen molar-refractivity contribution in [3.8, 4) is 11.5 Å². The number of anilines is 1. The van der Waals surface area contributed by atoms with Crippen LogP contribution in [0, 0.1) is 0 Å². The third kappa shape index (κ3) is 2.88. The summed E-state index contributed by atoms with van der Waals surface area (Å²) in [6, 6.07) is 15.4. The molecule has 0 aliphatic heterocycles. The minimum Gasteiger partial charge on any atom is -0.420 e. The van der Waals surface area contributed by atoms with Crippen LogP contribution in [0.15, 0.2) is 57.4 Å². The molecule has 1 aromatic heterocycles. The summed E-state index contributed by atoms with van der Waals surface area (Å²) >= 11 is 3.43. The second-order valence-electron chi connectivity index (χ2n) is 4.43. The lowest BCUT2D eigenvalue weighted by molar-refractivity contribution is 0.518. The quantitative estimate of drug-likeness (QED) is 0.744. The second kappa shape index (κ2) is 5.46. The van der Waals surface area contributed by atoms with E-state index in [0.29, 0.717) is 18.2 Å². The number of aromatic nitrogens is 2. The zero-order valence-electron chi connectivity index (χ0n) is 10.6. The molecule has 0 atom stereocenters. The fourth-order valence-corrected chi connectivity index (χ4v) is 2.27. The van der Waals surface area contributed by atoms with Crippen LogP contribution in [-0.2, 0) is 6.42 Å². The van der Waals surface area contributed by atoms with Gasteiger partial charge in [0.2, 0.25) is 11.8 Å². The first-order valence-electron chi connectivity index (χ1n) is 6.13. The minimum absolute atomic E-state index is 0.525. The number of hydrogen-bond donors (Lipinski definition) is 1. The monoisotopic (exact) mass is 329 g/mol. The Bertz CT molecular complexity index is 722. The summed E-state index contributed by atoms with van der Waals surface area (Å²) in [5.41, 5.74) is 8.39. The van der Waals surface area contributed by atoms with Gasteiger partial charge in [-0.05, 0) is 35.9 Å². The molecule has 2 aromatic carbocycles. The van der Waals surface area contributed by atoms with E-state index in [0.717, 1.165) is 21.3 Å². The van der Waals surface area contributed by atoms with Crippen LogP contribution in [0.2, 0.25) is 0 Å². The number of nitrogens with two attached hydrogens (primary N) is 1. The SMILES string of the molecule is Nc1ccc(Cc2nnc(-c3cccc(Br)c3)o2)cc1. The van der Waals surface area contributed by atoms with Crippen LogP contribution in [0.4, 0.5) is 5.69 Å². The summed E-state index contributed by atoms with van der Waals surface area (Å²) in [5.74, 6) is 1.11. The molecule has 0 unspecified atom stereocenters. The van der Waals surface area contributed by atoms with Gasteiger partial charge in [-0.3, -0.25) is 0 Å². The molecule has 3 aromatic rings. The van der Waals surface area contributed by atoms with Crippen LogP contribution in [-0.4, -0.2) is 10.2 Å². The molecule has 100 valence electrons. The van der Waals surface area contributed by atoms with Crippen LogP contribution in [0.3, 0.4) is 0 Å². The highest BCUT2D eigenvalue weighted by Gasteiger charge is 2.09. The average molecular weight is 330 g/mol. The van der Waals surface area contributed by atoms with Crippen molar-refractivity contribution in [2.45, 2.75) is 6.42 Å². The Hall–Kier alpha value is -2.14. The highest BCUT2D eigenvalue weighted by Crippen LogP contribution is 2.22. The fourth-order valence-electron chi connectivity index (χ4n) is 1.87. The molecule has 3 rings (SSSR count). The first-order chi connectivity index (χ1) is 9.70. The predicted molar refractivity (Wildman–Crippen MR) is 81.1 cm³/mol. The molecule has 5 heteroatoms. The van der Waals surface area contributed by atoms with Crippen molar-refractivity contribution in [3.63, 3.8) is 0 Å². The van der Waals surface area contributed by atoms with Gasteiger partial charge in [-0.1, -0.05) is 34.1 Å². The van der Waals surface area contributed by atoms with E-state index in [9.17, 15) is 0 Å². The molecule has 0 bridgehead atoms. The van der Waals surface area contributed by atoms with E-state index in [2.05, 4.69) is 26.1 Å². The summed E-state index contributed by atoms with van der Waals surface area (Å²) in [7, 11) is 0. The molecule has 0 radical (unpaired) electrons. The molecule has 0 aliphatic carbocycles. The van der Waals surface area contributed by atoms with Crippen molar-refractivity contribution < 1.29 is 4.42 Å². The van der Waals surface area contributed by atoms with Gasteiger partial charge in [0.1, 0.15) is 0 Å². The summed E-state index contributed by atoms with van der Waals surface area (Å²) < 4.78 is 6.66. The van der Waals surface area contributed by atoms with Crippen molar-refractivity contribution in [1.82, 2.24) is 10.2 Å². The van der Waals surface area contributed by atoms with Crippen LogP contribution in [0.5, 0.6) is 0 Å². The fraction of sp³-hybridized carbons (Fsp3) is 0.0667. The van der Waals surface area contributed by atoms with E-state index in [1.165, 1.54) is 0 Å². The second-order valence-corrected chi connectivity index (χ2v) is 5.35. The van der Waals surface area contributed by atoms with E-state index in [1.54, 1.807) is 0 Å². The molecular weight excluding hydrogens is 318 g/mol. The van der Waals surface area contributed by atoms with E-state index in [4.69, 9.17) is 10.2 Å². The Morgan fingerprint density at radius 2 is 1.85 bits per heavy atom. The molecule has 0 saturated heterocycles. The van der Waals surface area contributed by atoms with Gasteiger partial charge in [0.25, 0.3) is 0 Å². The summed E-state index contributed by atoms with van der Waals surface area (Å²) in [5, 5.41) is 8.16. The molecule has 1 heterocycles. The zero-order chi connectivity index (χ0) is 13.9. The van der Waals surface area contributed by atoms with Crippen LogP contribution in [0.25, 0.3) is 11.5 Å². The van der Waals surface area contributed by atoms with E-state index in [-0.39, 0.29) is 0 Å². The molecule has 2 N–H and O–H groups in total. The van der Waals surface area contributed by atoms with Gasteiger partial charge in [-0.15, -0.1) is 10.2 Å². The Balaban J connectivity index is 1.82. The summed E-state index contributed by atoms with van der Waals surface area (Å²) in [4.78, 5) is 0. The third-order valence-corrected chi connectivity index (χ3v) is 3.37. The smallest absolute Gasteiger partial charge is 0.247 e. The Morgan fingerprint density at radius 1 is 1.05 bits per heavy atom. The van der Waals surface area contributed by atoms with Gasteiger partial charge in [-0.2, -0.15) is 0 Å². The Kier molecular flexibility index (Phi) is 3.52. The van der Waals surface area contributed by atoms with Crippen LogP contribution in [0.1, 0.15) is 11.5 Å². The average Bonchev–Trinajstić information content (AvgIpc) is 2.90. The third-order valence-electron chi connectivity index (χ3n) is 2.87. The van der Waals surface area contributed by atoms with Gasteiger partial charge < -0.3 is 10.2 Å². The molecule has 0 amide bonds. The minimum atomic E-state index is 0.525. The van der Waals surface area contributed by atoms with Gasteiger partial charge in [0.15, 0.2) is 0 Å². The number of nitrogens with zero attached hydrogens (tertiary/aromatic N) is 2.